The van der Waals surface area contributed by atoms with E-state index in [2.05, 4.69) is 5.32 Å². The first-order valence-electron chi connectivity index (χ1n) is 6.17. The normalized spacial score (nSPS) is 24.6. The molecular weight excluding hydrogens is 218 g/mol. The van der Waals surface area contributed by atoms with E-state index in [4.69, 9.17) is 4.74 Å². The quantitative estimate of drug-likeness (QED) is 0.599. The van der Waals surface area contributed by atoms with Crippen molar-refractivity contribution in [1.29, 1.82) is 0 Å². The van der Waals surface area contributed by atoms with Crippen LogP contribution in [0.5, 0.6) is 0 Å². The fraction of sp³-hybridized carbons (Fsp3) is 0.692. The Kier molecular flexibility index (Phi) is 5.73. The van der Waals surface area contributed by atoms with Crippen molar-refractivity contribution in [2.24, 2.45) is 11.8 Å². The lowest BCUT2D eigenvalue weighted by atomic mass is 9.79. The Hall–Kier alpha value is -1.32. The van der Waals surface area contributed by atoms with Gasteiger partial charge in [0, 0.05) is 6.54 Å². The van der Waals surface area contributed by atoms with Crippen LogP contribution in [0.2, 0.25) is 0 Å². The van der Waals surface area contributed by atoms with Crippen molar-refractivity contribution in [2.45, 2.75) is 32.6 Å². The van der Waals surface area contributed by atoms with Crippen LogP contribution in [0.3, 0.4) is 0 Å². The zero-order chi connectivity index (χ0) is 12.7. The highest BCUT2D eigenvalue weighted by molar-refractivity contribution is 5.87. The summed E-state index contributed by atoms with van der Waals surface area (Å²) in [6, 6.07) is 0. The molecule has 0 aliphatic heterocycles. The predicted octanol–water partition coefficient (Wildman–Crippen LogP) is 1.66. The Morgan fingerprint density at radius 3 is 2.71 bits per heavy atom. The molecule has 0 bridgehead atoms. The largest absolute Gasteiger partial charge is 0.469 e. The molecular formula is C13H21NO3. The number of amides is 1. The fourth-order valence-electron chi connectivity index (χ4n) is 2.36. The van der Waals surface area contributed by atoms with Crippen molar-refractivity contribution in [3.05, 3.63) is 12.2 Å². The topological polar surface area (TPSA) is 55.4 Å². The van der Waals surface area contributed by atoms with E-state index < -0.39 is 0 Å². The SMILES string of the molecule is C/C=C/C(=O)NCC1CCCCC1C(=O)OC. The summed E-state index contributed by atoms with van der Waals surface area (Å²) < 4.78 is 4.81. The van der Waals surface area contributed by atoms with Gasteiger partial charge in [0.1, 0.15) is 0 Å². The Labute approximate surface area is 102 Å². The van der Waals surface area contributed by atoms with Gasteiger partial charge in [-0.25, -0.2) is 0 Å². The second-order valence-electron chi connectivity index (χ2n) is 4.42. The van der Waals surface area contributed by atoms with Gasteiger partial charge in [-0.3, -0.25) is 9.59 Å². The third kappa shape index (κ3) is 4.21. The number of ether oxygens (including phenoxy) is 1. The minimum absolute atomic E-state index is 0.0559. The van der Waals surface area contributed by atoms with Crippen molar-refractivity contribution < 1.29 is 14.3 Å². The molecule has 0 radical (unpaired) electrons. The summed E-state index contributed by atoms with van der Waals surface area (Å²) in [5, 5.41) is 2.83. The van der Waals surface area contributed by atoms with E-state index in [1.54, 1.807) is 13.0 Å². The Balaban J connectivity index is 2.48. The molecule has 0 aromatic rings. The summed E-state index contributed by atoms with van der Waals surface area (Å²) in [6.45, 7) is 2.36. The zero-order valence-electron chi connectivity index (χ0n) is 10.6. The molecule has 0 aromatic carbocycles. The van der Waals surface area contributed by atoms with Crippen LogP contribution in [-0.4, -0.2) is 25.5 Å². The number of allylic oxidation sites excluding steroid dienone is 1. The van der Waals surface area contributed by atoms with E-state index in [9.17, 15) is 9.59 Å². The van der Waals surface area contributed by atoms with Gasteiger partial charge in [0.05, 0.1) is 13.0 Å². The molecule has 4 heteroatoms. The van der Waals surface area contributed by atoms with Crippen LogP contribution in [-0.2, 0) is 14.3 Å². The molecule has 0 spiro atoms. The van der Waals surface area contributed by atoms with Crippen LogP contribution < -0.4 is 5.32 Å². The van der Waals surface area contributed by atoms with E-state index in [0.717, 1.165) is 25.7 Å². The summed E-state index contributed by atoms with van der Waals surface area (Å²) in [5.41, 5.74) is 0. The van der Waals surface area contributed by atoms with Gasteiger partial charge in [0.2, 0.25) is 5.91 Å². The molecule has 1 rings (SSSR count). The van der Waals surface area contributed by atoms with Crippen molar-refractivity contribution in [3.63, 3.8) is 0 Å². The first kappa shape index (κ1) is 13.7. The summed E-state index contributed by atoms with van der Waals surface area (Å²) in [4.78, 5) is 22.9. The van der Waals surface area contributed by atoms with Crippen LogP contribution in [0.1, 0.15) is 32.6 Å². The van der Waals surface area contributed by atoms with E-state index in [0.29, 0.717) is 6.54 Å². The number of carbonyl (C=O) groups excluding carboxylic acids is 2. The van der Waals surface area contributed by atoms with Gasteiger partial charge in [0.15, 0.2) is 0 Å². The van der Waals surface area contributed by atoms with E-state index in [-0.39, 0.29) is 23.7 Å². The van der Waals surface area contributed by atoms with Crippen molar-refractivity contribution in [1.82, 2.24) is 5.32 Å². The molecule has 1 saturated carbocycles. The molecule has 96 valence electrons. The van der Waals surface area contributed by atoms with Gasteiger partial charge < -0.3 is 10.1 Å². The van der Waals surface area contributed by atoms with E-state index in [1.165, 1.54) is 13.2 Å². The second kappa shape index (κ2) is 7.09. The maximum atomic E-state index is 11.6. The number of hydrogen-bond donors (Lipinski definition) is 1. The third-order valence-electron chi connectivity index (χ3n) is 3.27. The lowest BCUT2D eigenvalue weighted by Gasteiger charge is -2.29. The standard InChI is InChI=1S/C13H21NO3/c1-3-6-12(15)14-9-10-7-4-5-8-11(10)13(16)17-2/h3,6,10-11H,4-5,7-9H2,1-2H3,(H,14,15)/b6-3+. The van der Waals surface area contributed by atoms with Gasteiger partial charge in [-0.05, 0) is 31.8 Å². The lowest BCUT2D eigenvalue weighted by Crippen LogP contribution is -2.37. The molecule has 4 nitrogen and oxygen atoms in total. The Morgan fingerprint density at radius 1 is 1.35 bits per heavy atom. The van der Waals surface area contributed by atoms with Crippen LogP contribution in [0, 0.1) is 11.8 Å². The highest BCUT2D eigenvalue weighted by atomic mass is 16.5. The summed E-state index contributed by atoms with van der Waals surface area (Å²) in [7, 11) is 1.42. The highest BCUT2D eigenvalue weighted by Gasteiger charge is 2.31. The molecule has 2 atom stereocenters. The zero-order valence-corrected chi connectivity index (χ0v) is 10.6. The van der Waals surface area contributed by atoms with Crippen molar-refractivity contribution >= 4 is 11.9 Å². The first-order valence-corrected chi connectivity index (χ1v) is 6.17. The van der Waals surface area contributed by atoms with Crippen molar-refractivity contribution in [2.75, 3.05) is 13.7 Å². The minimum Gasteiger partial charge on any atom is -0.469 e. The number of hydrogen-bond acceptors (Lipinski definition) is 3. The number of rotatable bonds is 4. The Morgan fingerprint density at radius 2 is 2.06 bits per heavy atom. The average Bonchev–Trinajstić information content (AvgIpc) is 2.36. The average molecular weight is 239 g/mol. The van der Waals surface area contributed by atoms with E-state index in [1.807, 2.05) is 0 Å². The molecule has 17 heavy (non-hydrogen) atoms. The summed E-state index contributed by atoms with van der Waals surface area (Å²) in [5.74, 6) is -0.0817. The third-order valence-corrected chi connectivity index (χ3v) is 3.27. The van der Waals surface area contributed by atoms with Gasteiger partial charge >= 0.3 is 5.97 Å². The van der Waals surface area contributed by atoms with Gasteiger partial charge in [-0.2, -0.15) is 0 Å². The maximum Gasteiger partial charge on any atom is 0.309 e. The van der Waals surface area contributed by atoms with Crippen LogP contribution in [0.4, 0.5) is 0 Å². The Bertz CT molecular complexity index is 299. The van der Waals surface area contributed by atoms with Gasteiger partial charge in [-0.1, -0.05) is 18.9 Å². The summed E-state index contributed by atoms with van der Waals surface area (Å²) in [6.07, 6.45) is 7.24. The number of nitrogens with one attached hydrogen (secondary N) is 1. The van der Waals surface area contributed by atoms with Crippen LogP contribution in [0.25, 0.3) is 0 Å². The van der Waals surface area contributed by atoms with Crippen molar-refractivity contribution in [3.8, 4) is 0 Å². The number of esters is 1. The predicted molar refractivity (Wildman–Crippen MR) is 65.3 cm³/mol. The number of methoxy groups -OCH3 is 1. The summed E-state index contributed by atoms with van der Waals surface area (Å²) >= 11 is 0. The maximum absolute atomic E-state index is 11.6. The fourth-order valence-corrected chi connectivity index (χ4v) is 2.36. The minimum atomic E-state index is -0.144. The van der Waals surface area contributed by atoms with Crippen LogP contribution in [0.15, 0.2) is 12.2 Å². The molecule has 1 N–H and O–H groups in total. The molecule has 1 aliphatic carbocycles. The smallest absolute Gasteiger partial charge is 0.309 e. The highest BCUT2D eigenvalue weighted by Crippen LogP contribution is 2.30. The lowest BCUT2D eigenvalue weighted by molar-refractivity contribution is -0.148. The molecule has 0 saturated heterocycles. The first-order chi connectivity index (χ1) is 8.19. The molecule has 1 amide bonds. The molecule has 1 aliphatic rings. The number of carbonyl (C=O) groups is 2. The van der Waals surface area contributed by atoms with Gasteiger partial charge in [0.25, 0.3) is 0 Å². The monoisotopic (exact) mass is 239 g/mol. The molecule has 1 fully saturated rings. The van der Waals surface area contributed by atoms with Gasteiger partial charge in [-0.15, -0.1) is 0 Å². The molecule has 0 aromatic heterocycles. The van der Waals surface area contributed by atoms with E-state index >= 15 is 0 Å². The second-order valence-corrected chi connectivity index (χ2v) is 4.42. The molecule has 2 unspecified atom stereocenters. The molecule has 0 heterocycles. The van der Waals surface area contributed by atoms with Crippen LogP contribution >= 0.6 is 0 Å².